The zero-order valence-electron chi connectivity index (χ0n) is 19.0. The van der Waals surface area contributed by atoms with E-state index < -0.39 is 0 Å². The molecule has 0 aromatic heterocycles. The van der Waals surface area contributed by atoms with Gasteiger partial charge < -0.3 is 9.64 Å². The Morgan fingerprint density at radius 1 is 0.893 bits per heavy atom. The van der Waals surface area contributed by atoms with Gasteiger partial charge in [0.25, 0.3) is 0 Å². The Morgan fingerprint density at radius 2 is 1.64 bits per heavy atom. The molecule has 0 heterocycles. The van der Waals surface area contributed by atoms with Gasteiger partial charge in [-0.3, -0.25) is 0 Å². The van der Waals surface area contributed by atoms with Gasteiger partial charge in [-0.2, -0.15) is 0 Å². The summed E-state index contributed by atoms with van der Waals surface area (Å²) in [6.07, 6.45) is 3.59. The van der Waals surface area contributed by atoms with Gasteiger partial charge in [0.15, 0.2) is 0 Å². The van der Waals surface area contributed by atoms with Gasteiger partial charge in [-0.25, -0.2) is 0 Å². The third-order valence-corrected chi connectivity index (χ3v) is 6.06. The molecule has 2 aromatic carbocycles. The molecule has 0 aliphatic carbocycles. The smallest absolute Gasteiger partial charge is 0.121 e. The van der Waals surface area contributed by atoms with Crippen molar-refractivity contribution in [2.75, 3.05) is 27.2 Å². The number of hydrogen-bond donors (Lipinski definition) is 0. The predicted octanol–water partition coefficient (Wildman–Crippen LogP) is 6.31. The fourth-order valence-corrected chi connectivity index (χ4v) is 3.99. The number of rotatable bonds is 10. The van der Waals surface area contributed by atoms with Crippen LogP contribution in [-0.2, 0) is 6.42 Å². The zero-order valence-corrected chi connectivity index (χ0v) is 19.0. The molecule has 0 saturated heterocycles. The molecule has 0 saturated carbocycles. The minimum atomic E-state index is 0.650. The first-order chi connectivity index (χ1) is 13.3. The second-order valence-electron chi connectivity index (χ2n) is 8.69. The summed E-state index contributed by atoms with van der Waals surface area (Å²) in [4.78, 5) is 2.47. The Labute approximate surface area is 172 Å². The van der Waals surface area contributed by atoms with E-state index in [0.29, 0.717) is 11.8 Å². The monoisotopic (exact) mass is 381 g/mol. The lowest BCUT2D eigenvalue weighted by Gasteiger charge is -2.24. The summed E-state index contributed by atoms with van der Waals surface area (Å²) >= 11 is 0. The zero-order chi connectivity index (χ0) is 20.7. The van der Waals surface area contributed by atoms with Crippen LogP contribution in [0.4, 0.5) is 0 Å². The van der Waals surface area contributed by atoms with Crippen molar-refractivity contribution in [1.29, 1.82) is 0 Å². The predicted molar refractivity (Wildman–Crippen MR) is 122 cm³/mol. The number of nitrogens with zero attached hydrogens (tertiary/aromatic N) is 1. The summed E-state index contributed by atoms with van der Waals surface area (Å²) in [7, 11) is 3.98. The first-order valence-electron chi connectivity index (χ1n) is 10.7. The summed E-state index contributed by atoms with van der Waals surface area (Å²) in [5, 5.41) is 0. The molecule has 0 bridgehead atoms. The Morgan fingerprint density at radius 3 is 2.25 bits per heavy atom. The van der Waals surface area contributed by atoms with E-state index in [2.05, 4.69) is 83.0 Å². The standard InChI is InChI=1S/C26H39NO/c1-19(2)25(24-12-10-20(3)21(4)18-24)9-8-15-27(6)16-14-23-11-13-26(28-7)22(5)17-23/h10-13,17-19,25H,8-9,14-16H2,1-7H3. The van der Waals surface area contributed by atoms with Gasteiger partial charge in [0.2, 0.25) is 0 Å². The molecule has 154 valence electrons. The van der Waals surface area contributed by atoms with Gasteiger partial charge in [0.1, 0.15) is 5.75 Å². The first kappa shape index (κ1) is 22.5. The Hall–Kier alpha value is -1.80. The van der Waals surface area contributed by atoms with Gasteiger partial charge in [-0.15, -0.1) is 0 Å². The number of ether oxygens (including phenoxy) is 1. The van der Waals surface area contributed by atoms with Crippen molar-refractivity contribution in [2.24, 2.45) is 5.92 Å². The molecule has 0 N–H and O–H groups in total. The minimum absolute atomic E-state index is 0.650. The lowest BCUT2D eigenvalue weighted by atomic mass is 9.83. The maximum Gasteiger partial charge on any atom is 0.121 e. The van der Waals surface area contributed by atoms with Crippen LogP contribution in [0.5, 0.6) is 5.75 Å². The molecule has 28 heavy (non-hydrogen) atoms. The molecule has 0 fully saturated rings. The molecule has 0 spiro atoms. The van der Waals surface area contributed by atoms with E-state index in [9.17, 15) is 0 Å². The van der Waals surface area contributed by atoms with Gasteiger partial charge >= 0.3 is 0 Å². The third-order valence-electron chi connectivity index (χ3n) is 6.06. The SMILES string of the molecule is COc1ccc(CCN(C)CCCC(c2ccc(C)c(C)c2)C(C)C)cc1C. The lowest BCUT2D eigenvalue weighted by Crippen LogP contribution is -2.23. The fourth-order valence-electron chi connectivity index (χ4n) is 3.99. The molecule has 2 rings (SSSR count). The second kappa shape index (κ2) is 10.7. The maximum absolute atomic E-state index is 5.36. The van der Waals surface area contributed by atoms with E-state index in [1.54, 1.807) is 7.11 Å². The van der Waals surface area contributed by atoms with E-state index in [1.165, 1.54) is 40.7 Å². The van der Waals surface area contributed by atoms with Crippen LogP contribution >= 0.6 is 0 Å². The minimum Gasteiger partial charge on any atom is -0.496 e. The van der Waals surface area contributed by atoms with Crippen LogP contribution in [0, 0.1) is 26.7 Å². The van der Waals surface area contributed by atoms with Gasteiger partial charge in [0.05, 0.1) is 7.11 Å². The van der Waals surface area contributed by atoms with Crippen molar-refractivity contribution in [3.63, 3.8) is 0 Å². The van der Waals surface area contributed by atoms with Gasteiger partial charge in [-0.1, -0.05) is 44.2 Å². The van der Waals surface area contributed by atoms with Crippen molar-refractivity contribution >= 4 is 0 Å². The van der Waals surface area contributed by atoms with Crippen LogP contribution in [0.15, 0.2) is 36.4 Å². The van der Waals surface area contributed by atoms with Crippen molar-refractivity contribution in [2.45, 2.75) is 59.8 Å². The van der Waals surface area contributed by atoms with Gasteiger partial charge in [-0.05, 0) is 99.3 Å². The van der Waals surface area contributed by atoms with Crippen LogP contribution in [-0.4, -0.2) is 32.1 Å². The van der Waals surface area contributed by atoms with E-state index in [-0.39, 0.29) is 0 Å². The summed E-state index contributed by atoms with van der Waals surface area (Å²) in [5.74, 6) is 2.30. The maximum atomic E-state index is 5.36. The number of hydrogen-bond acceptors (Lipinski definition) is 2. The number of likely N-dealkylation sites (N-methyl/N-ethyl adjacent to an activating group) is 1. The number of benzene rings is 2. The Kier molecular flexibility index (Phi) is 8.57. The highest BCUT2D eigenvalue weighted by Gasteiger charge is 2.16. The molecular weight excluding hydrogens is 342 g/mol. The fraction of sp³-hybridized carbons (Fsp3) is 0.538. The Bertz CT molecular complexity index is 750. The molecule has 0 aliphatic rings. The average Bonchev–Trinajstić information content (AvgIpc) is 2.65. The summed E-state index contributed by atoms with van der Waals surface area (Å²) < 4.78 is 5.36. The molecule has 1 unspecified atom stereocenters. The average molecular weight is 382 g/mol. The quantitative estimate of drug-likeness (QED) is 0.478. The molecule has 0 radical (unpaired) electrons. The molecular formula is C26H39NO. The molecule has 1 atom stereocenters. The van der Waals surface area contributed by atoms with Crippen molar-refractivity contribution in [1.82, 2.24) is 4.90 Å². The number of methoxy groups -OCH3 is 1. The summed E-state index contributed by atoms with van der Waals surface area (Å²) in [6, 6.07) is 13.5. The van der Waals surface area contributed by atoms with E-state index >= 15 is 0 Å². The molecule has 2 heteroatoms. The number of aryl methyl sites for hydroxylation is 3. The van der Waals surface area contributed by atoms with Crippen LogP contribution < -0.4 is 4.74 Å². The molecule has 0 amide bonds. The van der Waals surface area contributed by atoms with Crippen LogP contribution in [0.2, 0.25) is 0 Å². The van der Waals surface area contributed by atoms with Crippen LogP contribution in [0.1, 0.15) is 60.4 Å². The normalized spacial score (nSPS) is 12.6. The topological polar surface area (TPSA) is 12.5 Å². The van der Waals surface area contributed by atoms with Crippen molar-refractivity contribution in [3.8, 4) is 5.75 Å². The molecule has 2 aromatic rings. The van der Waals surface area contributed by atoms with Crippen molar-refractivity contribution < 1.29 is 4.74 Å². The Balaban J connectivity index is 1.83. The highest BCUT2D eigenvalue weighted by atomic mass is 16.5. The van der Waals surface area contributed by atoms with E-state index in [4.69, 9.17) is 4.74 Å². The summed E-state index contributed by atoms with van der Waals surface area (Å²) in [5.41, 5.74) is 6.92. The van der Waals surface area contributed by atoms with E-state index in [0.717, 1.165) is 25.3 Å². The van der Waals surface area contributed by atoms with Gasteiger partial charge in [0, 0.05) is 6.54 Å². The summed E-state index contributed by atoms with van der Waals surface area (Å²) in [6.45, 7) is 13.5. The second-order valence-corrected chi connectivity index (χ2v) is 8.69. The highest BCUT2D eigenvalue weighted by Crippen LogP contribution is 2.30. The first-order valence-corrected chi connectivity index (χ1v) is 10.7. The third kappa shape index (κ3) is 6.38. The molecule has 0 aliphatic heterocycles. The molecule has 2 nitrogen and oxygen atoms in total. The van der Waals surface area contributed by atoms with Crippen molar-refractivity contribution in [3.05, 3.63) is 64.2 Å². The van der Waals surface area contributed by atoms with E-state index in [1.807, 2.05) is 0 Å². The lowest BCUT2D eigenvalue weighted by molar-refractivity contribution is 0.316. The highest BCUT2D eigenvalue weighted by molar-refractivity contribution is 5.36. The van der Waals surface area contributed by atoms with Crippen LogP contribution in [0.3, 0.4) is 0 Å². The largest absolute Gasteiger partial charge is 0.496 e. The van der Waals surface area contributed by atoms with Crippen LogP contribution in [0.25, 0.3) is 0 Å².